The van der Waals surface area contributed by atoms with Crippen molar-refractivity contribution >= 4 is 41.1 Å². The molecule has 0 fully saturated rings. The smallest absolute Gasteiger partial charge is 0.312 e. The van der Waals surface area contributed by atoms with Crippen molar-refractivity contribution in [1.82, 2.24) is 21.3 Å². The van der Waals surface area contributed by atoms with E-state index in [0.717, 1.165) is 0 Å². The van der Waals surface area contributed by atoms with Crippen molar-refractivity contribution < 1.29 is 24.0 Å². The predicted octanol–water partition coefficient (Wildman–Crippen LogP) is 1.45. The first kappa shape index (κ1) is 31.6. The molecular formula is C23H42ClN5O5. The van der Waals surface area contributed by atoms with Crippen molar-refractivity contribution in [2.24, 2.45) is 23.5 Å². The van der Waals surface area contributed by atoms with Crippen LogP contribution in [-0.4, -0.2) is 60.6 Å². The Morgan fingerprint density at radius 2 is 1.41 bits per heavy atom. The van der Waals surface area contributed by atoms with Crippen LogP contribution < -0.4 is 27.0 Å². The number of hydrogen-bond acceptors (Lipinski definition) is 5. The number of Topliss-reactive ketones (excluding diaryl/α,β-unsaturated/α-hetero) is 1. The van der Waals surface area contributed by atoms with Gasteiger partial charge >= 0.3 is 6.03 Å². The maximum atomic E-state index is 13.0. The van der Waals surface area contributed by atoms with Gasteiger partial charge in [-0.1, -0.05) is 34.6 Å². The first-order valence-corrected chi connectivity index (χ1v) is 12.4. The zero-order chi connectivity index (χ0) is 26.3. The monoisotopic (exact) mass is 503 g/mol. The molecule has 0 saturated carbocycles. The molecule has 0 aliphatic carbocycles. The number of urea groups is 1. The van der Waals surface area contributed by atoms with Crippen LogP contribution in [0.15, 0.2) is 0 Å². The van der Waals surface area contributed by atoms with E-state index in [-0.39, 0.29) is 47.7 Å². The lowest BCUT2D eigenvalue weighted by Gasteiger charge is -2.27. The number of amides is 5. The van der Waals surface area contributed by atoms with Gasteiger partial charge in [0.1, 0.15) is 11.9 Å². The van der Waals surface area contributed by atoms with Gasteiger partial charge in [0.25, 0.3) is 0 Å². The minimum Gasteiger partial charge on any atom is -0.355 e. The topological polar surface area (TPSA) is 159 Å². The Morgan fingerprint density at radius 1 is 0.794 bits per heavy atom. The van der Waals surface area contributed by atoms with Crippen LogP contribution in [0.4, 0.5) is 4.79 Å². The summed E-state index contributed by atoms with van der Waals surface area (Å²) in [7, 11) is 0. The van der Waals surface area contributed by atoms with Crippen LogP contribution in [-0.2, 0) is 19.2 Å². The summed E-state index contributed by atoms with van der Waals surface area (Å²) in [6.45, 7) is 10.1. The van der Waals surface area contributed by atoms with Crippen LogP contribution in [0.5, 0.6) is 0 Å². The molecule has 11 heteroatoms. The summed E-state index contributed by atoms with van der Waals surface area (Å²) < 4.78 is 0. The summed E-state index contributed by atoms with van der Waals surface area (Å²) >= 11 is 5.41. The molecule has 0 aromatic rings. The molecule has 0 saturated heterocycles. The van der Waals surface area contributed by atoms with Crippen LogP contribution in [0.1, 0.15) is 66.7 Å². The van der Waals surface area contributed by atoms with Gasteiger partial charge in [0.05, 0.1) is 6.04 Å². The van der Waals surface area contributed by atoms with Gasteiger partial charge in [-0.15, -0.1) is 11.6 Å². The lowest BCUT2D eigenvalue weighted by Crippen LogP contribution is -2.54. The number of hydrogen-bond donors (Lipinski definition) is 5. The summed E-state index contributed by atoms with van der Waals surface area (Å²) in [4.78, 5) is 60.4. The average Bonchev–Trinajstić information content (AvgIpc) is 2.77. The van der Waals surface area contributed by atoms with Crippen LogP contribution in [0.25, 0.3) is 0 Å². The first-order chi connectivity index (χ1) is 15.9. The van der Waals surface area contributed by atoms with Crippen LogP contribution >= 0.6 is 11.6 Å². The number of halogens is 1. The molecule has 3 atom stereocenters. The van der Waals surface area contributed by atoms with Gasteiger partial charge in [-0.2, -0.15) is 0 Å². The number of nitrogens with two attached hydrogens (primary N) is 1. The van der Waals surface area contributed by atoms with Gasteiger partial charge in [-0.3, -0.25) is 19.2 Å². The zero-order valence-electron chi connectivity index (χ0n) is 21.0. The fraction of sp³-hybridized carbons (Fsp3) is 0.783. The predicted molar refractivity (Wildman–Crippen MR) is 132 cm³/mol. The van der Waals surface area contributed by atoms with Gasteiger partial charge in [-0.05, 0) is 37.5 Å². The highest BCUT2D eigenvalue weighted by Crippen LogP contribution is 2.16. The van der Waals surface area contributed by atoms with Crippen molar-refractivity contribution in [3.8, 4) is 0 Å². The SMILES string of the molecule is CC(C)C(C)C(=O)[C@H](CCCNC(N)=O)NC(=O)[C@@H](NC(=O)CCCCNC(=O)CCl)C(C)C. The highest BCUT2D eigenvalue weighted by atomic mass is 35.5. The number of alkyl halides is 1. The van der Waals surface area contributed by atoms with E-state index >= 15 is 0 Å². The quantitative estimate of drug-likeness (QED) is 0.150. The number of nitrogens with one attached hydrogen (secondary N) is 4. The molecule has 10 nitrogen and oxygen atoms in total. The molecule has 34 heavy (non-hydrogen) atoms. The fourth-order valence-electron chi connectivity index (χ4n) is 3.18. The molecule has 1 unspecified atom stereocenters. The first-order valence-electron chi connectivity index (χ1n) is 11.9. The van der Waals surface area contributed by atoms with E-state index in [0.29, 0.717) is 38.8 Å². The third kappa shape index (κ3) is 13.4. The Labute approximate surface area is 207 Å². The lowest BCUT2D eigenvalue weighted by molar-refractivity contribution is -0.134. The summed E-state index contributed by atoms with van der Waals surface area (Å²) in [5, 5.41) is 10.7. The van der Waals surface area contributed by atoms with Crippen LogP contribution in [0.3, 0.4) is 0 Å². The van der Waals surface area contributed by atoms with E-state index in [1.807, 2.05) is 34.6 Å². The molecule has 0 aromatic carbocycles. The van der Waals surface area contributed by atoms with Crippen LogP contribution in [0.2, 0.25) is 0 Å². The van der Waals surface area contributed by atoms with Gasteiger partial charge in [0.2, 0.25) is 17.7 Å². The highest BCUT2D eigenvalue weighted by molar-refractivity contribution is 6.27. The van der Waals surface area contributed by atoms with Crippen molar-refractivity contribution in [3.05, 3.63) is 0 Å². The van der Waals surface area contributed by atoms with Gasteiger partial charge < -0.3 is 27.0 Å². The van der Waals surface area contributed by atoms with Crippen molar-refractivity contribution in [2.75, 3.05) is 19.0 Å². The summed E-state index contributed by atoms with van der Waals surface area (Å²) in [5.74, 6) is -1.50. The number of ketones is 1. The molecule has 0 bridgehead atoms. The molecule has 0 aliphatic heterocycles. The second-order valence-corrected chi connectivity index (χ2v) is 9.43. The normalized spacial score (nSPS) is 13.6. The van der Waals surface area contributed by atoms with E-state index in [4.69, 9.17) is 17.3 Å². The maximum Gasteiger partial charge on any atom is 0.312 e. The summed E-state index contributed by atoms with van der Waals surface area (Å²) in [6.07, 6.45) is 2.16. The van der Waals surface area contributed by atoms with E-state index in [1.165, 1.54) is 0 Å². The minimum absolute atomic E-state index is 0.0877. The zero-order valence-corrected chi connectivity index (χ0v) is 21.8. The molecule has 0 aliphatic rings. The number of carbonyl (C=O) groups excluding carboxylic acids is 5. The molecular weight excluding hydrogens is 462 g/mol. The Balaban J connectivity index is 4.99. The largest absolute Gasteiger partial charge is 0.355 e. The van der Waals surface area contributed by atoms with Gasteiger partial charge in [0, 0.05) is 25.4 Å². The third-order valence-corrected chi connectivity index (χ3v) is 5.86. The fourth-order valence-corrected chi connectivity index (χ4v) is 3.27. The Bertz CT molecular complexity index is 687. The lowest BCUT2D eigenvalue weighted by atomic mass is 9.88. The second-order valence-electron chi connectivity index (χ2n) is 9.16. The van der Waals surface area contributed by atoms with Crippen molar-refractivity contribution in [2.45, 2.75) is 78.8 Å². The van der Waals surface area contributed by atoms with Crippen molar-refractivity contribution in [3.63, 3.8) is 0 Å². The number of primary amides is 1. The molecule has 0 spiro atoms. The molecule has 0 heterocycles. The van der Waals surface area contributed by atoms with E-state index in [9.17, 15) is 24.0 Å². The van der Waals surface area contributed by atoms with Gasteiger partial charge in [-0.25, -0.2) is 4.79 Å². The molecule has 0 aromatic heterocycles. The Hall–Kier alpha value is -2.36. The second kappa shape index (κ2) is 17.1. The van der Waals surface area contributed by atoms with Gasteiger partial charge in [0.15, 0.2) is 5.78 Å². The number of rotatable bonds is 17. The van der Waals surface area contributed by atoms with Crippen molar-refractivity contribution in [1.29, 1.82) is 0 Å². The standard InChI is InChI=1S/C23H42ClN5O5/c1-14(2)16(5)21(32)17(9-8-12-27-23(25)34)28-22(33)20(15(3)4)29-18(30)10-6-7-11-26-19(31)13-24/h14-17,20H,6-13H2,1-5H3,(H,26,31)(H,28,33)(H,29,30)(H3,25,27,34)/t16?,17-,20-/m0/s1. The van der Waals surface area contributed by atoms with E-state index < -0.39 is 24.0 Å². The third-order valence-electron chi connectivity index (χ3n) is 5.62. The summed E-state index contributed by atoms with van der Waals surface area (Å²) in [5.41, 5.74) is 5.08. The molecule has 196 valence electrons. The minimum atomic E-state index is -0.795. The Kier molecular flexibility index (Phi) is 15.9. The highest BCUT2D eigenvalue weighted by Gasteiger charge is 2.31. The molecule has 0 rings (SSSR count). The average molecular weight is 504 g/mol. The molecule has 5 amide bonds. The van der Waals surface area contributed by atoms with E-state index in [1.54, 1.807) is 0 Å². The molecule has 6 N–H and O–H groups in total. The summed E-state index contributed by atoms with van der Waals surface area (Å²) in [6, 6.07) is -2.17. The maximum absolute atomic E-state index is 13.0. The molecule has 0 radical (unpaired) electrons. The van der Waals surface area contributed by atoms with Crippen LogP contribution in [0, 0.1) is 17.8 Å². The number of unbranched alkanes of at least 4 members (excludes halogenated alkanes) is 1. The Morgan fingerprint density at radius 3 is 1.94 bits per heavy atom. The number of carbonyl (C=O) groups is 5. The van der Waals surface area contributed by atoms with E-state index in [2.05, 4.69) is 21.3 Å².